The first-order valence-electron chi connectivity index (χ1n) is 8.89. The summed E-state index contributed by atoms with van der Waals surface area (Å²) in [5, 5.41) is 20.1. The van der Waals surface area contributed by atoms with Gasteiger partial charge in [-0.15, -0.1) is 0 Å². The third-order valence-corrected chi connectivity index (χ3v) is 4.11. The summed E-state index contributed by atoms with van der Waals surface area (Å²) < 4.78 is 11.3. The molecule has 0 atom stereocenters. The van der Waals surface area contributed by atoms with Crippen molar-refractivity contribution in [2.45, 2.75) is 13.5 Å². The van der Waals surface area contributed by atoms with Crippen molar-refractivity contribution in [3.05, 3.63) is 63.7 Å². The highest BCUT2D eigenvalue weighted by molar-refractivity contribution is 6.32. The molecule has 0 radical (unpaired) electrons. The van der Waals surface area contributed by atoms with Crippen LogP contribution in [-0.4, -0.2) is 29.6 Å². The second-order valence-electron chi connectivity index (χ2n) is 6.04. The number of carboxylic acids is 1. The quantitative estimate of drug-likeness (QED) is 0.418. The van der Waals surface area contributed by atoms with Gasteiger partial charge in [-0.3, -0.25) is 10.1 Å². The van der Waals surface area contributed by atoms with E-state index in [9.17, 15) is 19.6 Å². The number of urea groups is 1. The van der Waals surface area contributed by atoms with Crippen LogP contribution in [0.15, 0.2) is 42.0 Å². The third kappa shape index (κ3) is 6.48. The monoisotopic (exact) mass is 443 g/mol. The molecule has 160 valence electrons. The number of primary amides is 1. The van der Waals surface area contributed by atoms with Crippen LogP contribution in [0.4, 0.5) is 4.79 Å². The fourth-order valence-corrected chi connectivity index (χ4v) is 2.74. The van der Waals surface area contributed by atoms with Crippen molar-refractivity contribution < 1.29 is 29.0 Å². The highest BCUT2D eigenvalue weighted by Crippen LogP contribution is 2.38. The SMILES string of the molecule is CCOc1cc(/C=C(/C#N)C(=O)NC(N)=O)cc(Cl)c1OCc1ccc(C(=O)O)cc1. The number of amides is 3. The molecule has 9 nitrogen and oxygen atoms in total. The molecule has 0 aliphatic heterocycles. The molecule has 2 aromatic rings. The number of hydrogen-bond acceptors (Lipinski definition) is 6. The molecule has 0 heterocycles. The number of hydrogen-bond donors (Lipinski definition) is 3. The number of nitriles is 1. The minimum absolute atomic E-state index is 0.0966. The zero-order chi connectivity index (χ0) is 23.0. The van der Waals surface area contributed by atoms with Crippen molar-refractivity contribution in [2.24, 2.45) is 5.73 Å². The Morgan fingerprint density at radius 2 is 1.90 bits per heavy atom. The first-order chi connectivity index (χ1) is 14.7. The van der Waals surface area contributed by atoms with Crippen LogP contribution in [0.3, 0.4) is 0 Å². The summed E-state index contributed by atoms with van der Waals surface area (Å²) in [5.74, 6) is -1.47. The maximum absolute atomic E-state index is 11.8. The molecule has 0 bridgehead atoms. The van der Waals surface area contributed by atoms with Crippen LogP contribution in [-0.2, 0) is 11.4 Å². The van der Waals surface area contributed by atoms with Crippen molar-refractivity contribution in [1.82, 2.24) is 5.32 Å². The van der Waals surface area contributed by atoms with Gasteiger partial charge in [0.25, 0.3) is 5.91 Å². The summed E-state index contributed by atoms with van der Waals surface area (Å²) >= 11 is 6.32. The molecule has 0 spiro atoms. The first-order valence-corrected chi connectivity index (χ1v) is 9.26. The Hall–Kier alpha value is -4.03. The summed E-state index contributed by atoms with van der Waals surface area (Å²) in [6.45, 7) is 2.14. The van der Waals surface area contributed by atoms with Crippen LogP contribution in [0.25, 0.3) is 6.08 Å². The van der Waals surface area contributed by atoms with Crippen molar-refractivity contribution in [3.63, 3.8) is 0 Å². The lowest BCUT2D eigenvalue weighted by Crippen LogP contribution is -2.35. The van der Waals surface area contributed by atoms with Crippen molar-refractivity contribution in [2.75, 3.05) is 6.61 Å². The van der Waals surface area contributed by atoms with E-state index in [0.29, 0.717) is 17.7 Å². The summed E-state index contributed by atoms with van der Waals surface area (Å²) in [5.41, 5.74) is 5.77. The second kappa shape index (κ2) is 10.7. The van der Waals surface area contributed by atoms with Gasteiger partial charge in [-0.2, -0.15) is 5.26 Å². The summed E-state index contributed by atoms with van der Waals surface area (Å²) in [4.78, 5) is 33.6. The van der Waals surface area contributed by atoms with Crippen LogP contribution in [0.2, 0.25) is 5.02 Å². The molecule has 31 heavy (non-hydrogen) atoms. The lowest BCUT2D eigenvalue weighted by molar-refractivity contribution is -0.115. The molecule has 0 unspecified atom stereocenters. The number of nitrogens with two attached hydrogens (primary N) is 1. The number of halogens is 1. The smallest absolute Gasteiger partial charge is 0.335 e. The Bertz CT molecular complexity index is 1070. The third-order valence-electron chi connectivity index (χ3n) is 3.83. The van der Waals surface area contributed by atoms with E-state index in [0.717, 1.165) is 0 Å². The number of nitrogens with one attached hydrogen (secondary N) is 1. The van der Waals surface area contributed by atoms with Gasteiger partial charge in [-0.05, 0) is 48.4 Å². The Balaban J connectivity index is 2.30. The molecule has 0 saturated heterocycles. The number of carboxylic acid groups (broad SMARTS) is 1. The summed E-state index contributed by atoms with van der Waals surface area (Å²) in [7, 11) is 0. The van der Waals surface area contributed by atoms with Crippen LogP contribution in [0.1, 0.15) is 28.4 Å². The van der Waals surface area contributed by atoms with E-state index in [4.69, 9.17) is 31.9 Å². The van der Waals surface area contributed by atoms with Gasteiger partial charge in [0.05, 0.1) is 17.2 Å². The molecule has 0 aliphatic carbocycles. The number of aromatic carboxylic acids is 1. The van der Waals surface area contributed by atoms with Gasteiger partial charge in [0.1, 0.15) is 18.2 Å². The predicted octanol–water partition coefficient (Wildman–Crippen LogP) is 3.12. The second-order valence-corrected chi connectivity index (χ2v) is 6.45. The Morgan fingerprint density at radius 3 is 2.45 bits per heavy atom. The average molecular weight is 444 g/mol. The summed E-state index contributed by atoms with van der Waals surface area (Å²) in [6, 6.07) is 9.73. The molecule has 0 aromatic heterocycles. The molecule has 0 fully saturated rings. The van der Waals surface area contributed by atoms with E-state index in [-0.39, 0.29) is 34.3 Å². The number of carbonyl (C=O) groups excluding carboxylic acids is 2. The van der Waals surface area contributed by atoms with Gasteiger partial charge in [-0.1, -0.05) is 23.7 Å². The molecule has 4 N–H and O–H groups in total. The Morgan fingerprint density at radius 1 is 1.23 bits per heavy atom. The maximum Gasteiger partial charge on any atom is 0.335 e. The van der Waals surface area contributed by atoms with Crippen molar-refractivity contribution in [3.8, 4) is 17.6 Å². The van der Waals surface area contributed by atoms with Gasteiger partial charge in [0.2, 0.25) is 0 Å². The molecule has 2 aromatic carbocycles. The van der Waals surface area contributed by atoms with Crippen LogP contribution >= 0.6 is 11.6 Å². The van der Waals surface area contributed by atoms with Gasteiger partial charge < -0.3 is 20.3 Å². The molecular formula is C21H18ClN3O6. The molecular weight excluding hydrogens is 426 g/mol. The predicted molar refractivity (Wildman–Crippen MR) is 112 cm³/mol. The number of carbonyl (C=O) groups is 3. The van der Waals surface area contributed by atoms with Crippen molar-refractivity contribution >= 4 is 35.6 Å². The zero-order valence-corrected chi connectivity index (χ0v) is 17.1. The highest BCUT2D eigenvalue weighted by Gasteiger charge is 2.15. The van der Waals surface area contributed by atoms with Crippen LogP contribution in [0, 0.1) is 11.3 Å². The first kappa shape index (κ1) is 23.3. The number of ether oxygens (including phenoxy) is 2. The Labute approximate surface area is 182 Å². The van der Waals surface area contributed by atoms with Gasteiger partial charge in [0, 0.05) is 0 Å². The van der Waals surface area contributed by atoms with E-state index in [1.807, 2.05) is 5.32 Å². The standard InChI is InChI=1S/C21H18ClN3O6/c1-2-30-17-9-13(7-15(10-23)19(26)25-21(24)29)8-16(22)18(17)31-11-12-3-5-14(6-4-12)20(27)28/h3-9H,2,11H2,1H3,(H,27,28)(H3,24,25,26,29)/b15-7-. The van der Waals surface area contributed by atoms with E-state index in [1.165, 1.54) is 30.3 Å². The van der Waals surface area contributed by atoms with E-state index in [2.05, 4.69) is 0 Å². The van der Waals surface area contributed by atoms with Crippen molar-refractivity contribution in [1.29, 1.82) is 5.26 Å². The minimum Gasteiger partial charge on any atom is -0.490 e. The summed E-state index contributed by atoms with van der Waals surface area (Å²) in [6.07, 6.45) is 1.22. The highest BCUT2D eigenvalue weighted by atomic mass is 35.5. The van der Waals surface area contributed by atoms with Crippen LogP contribution in [0.5, 0.6) is 11.5 Å². The van der Waals surface area contributed by atoms with E-state index in [1.54, 1.807) is 25.1 Å². The maximum atomic E-state index is 11.8. The lowest BCUT2D eigenvalue weighted by atomic mass is 10.1. The van der Waals surface area contributed by atoms with Crippen LogP contribution < -0.4 is 20.5 Å². The fourth-order valence-electron chi connectivity index (χ4n) is 2.47. The van der Waals surface area contributed by atoms with E-state index >= 15 is 0 Å². The van der Waals surface area contributed by atoms with Gasteiger partial charge >= 0.3 is 12.0 Å². The minimum atomic E-state index is -1.08. The number of rotatable bonds is 8. The average Bonchev–Trinajstić information content (AvgIpc) is 2.71. The fraction of sp³-hybridized carbons (Fsp3) is 0.143. The van der Waals surface area contributed by atoms with E-state index < -0.39 is 17.9 Å². The molecule has 3 amide bonds. The topological polar surface area (TPSA) is 152 Å². The normalized spacial score (nSPS) is 10.7. The number of benzene rings is 2. The lowest BCUT2D eigenvalue weighted by Gasteiger charge is -2.15. The molecule has 10 heteroatoms. The largest absolute Gasteiger partial charge is 0.490 e. The number of imide groups is 1. The molecule has 0 saturated carbocycles. The van der Waals surface area contributed by atoms with Gasteiger partial charge in [-0.25, -0.2) is 9.59 Å². The Kier molecular flexibility index (Phi) is 8.00. The van der Waals surface area contributed by atoms with Gasteiger partial charge in [0.15, 0.2) is 11.5 Å². The molecule has 2 rings (SSSR count). The molecule has 0 aliphatic rings. The zero-order valence-electron chi connectivity index (χ0n) is 16.3. The number of nitrogens with zero attached hydrogens (tertiary/aromatic N) is 1.